The van der Waals surface area contributed by atoms with Gasteiger partial charge in [-0.05, 0) is 12.1 Å². The van der Waals surface area contributed by atoms with Gasteiger partial charge < -0.3 is 4.74 Å². The summed E-state index contributed by atoms with van der Waals surface area (Å²) in [5.74, 6) is -7.40. The quantitative estimate of drug-likeness (QED) is 0.606. The van der Waals surface area contributed by atoms with E-state index in [-0.39, 0.29) is 0 Å². The van der Waals surface area contributed by atoms with Crippen LogP contribution in [0.4, 0.5) is 26.3 Å². The molecule has 0 aliphatic carbocycles. The second-order valence-electron chi connectivity index (χ2n) is 4.21. The van der Waals surface area contributed by atoms with E-state index in [4.69, 9.17) is 4.74 Å². The van der Waals surface area contributed by atoms with Crippen LogP contribution >= 0.6 is 0 Å². The normalized spacial score (nSPS) is 11.0. The van der Waals surface area contributed by atoms with Crippen LogP contribution < -0.4 is 0 Å². The molecule has 0 unspecified atom stereocenters. The molecule has 2 rings (SSSR count). The zero-order valence-corrected chi connectivity index (χ0v) is 10.4. The lowest BCUT2D eigenvalue weighted by atomic mass is 10.2. The minimum atomic E-state index is -1.39. The molecule has 21 heavy (non-hydrogen) atoms. The molecule has 0 amide bonds. The van der Waals surface area contributed by atoms with Gasteiger partial charge in [0.2, 0.25) is 0 Å². The van der Waals surface area contributed by atoms with Gasteiger partial charge in [0.1, 0.15) is 11.6 Å². The van der Waals surface area contributed by atoms with E-state index in [2.05, 4.69) is 0 Å². The third kappa shape index (κ3) is 3.55. The fourth-order valence-corrected chi connectivity index (χ4v) is 1.70. The average Bonchev–Trinajstić information content (AvgIpc) is 2.40. The molecule has 0 aliphatic heterocycles. The molecule has 0 saturated heterocycles. The molecule has 0 aliphatic rings. The van der Waals surface area contributed by atoms with Crippen LogP contribution in [-0.2, 0) is 18.0 Å². The van der Waals surface area contributed by atoms with Crippen LogP contribution in [0.25, 0.3) is 0 Å². The van der Waals surface area contributed by atoms with Crippen LogP contribution in [0.2, 0.25) is 0 Å². The zero-order valence-electron chi connectivity index (χ0n) is 10.4. The lowest BCUT2D eigenvalue weighted by Gasteiger charge is -2.08. The molecule has 0 saturated carbocycles. The van der Waals surface area contributed by atoms with Crippen molar-refractivity contribution in [3.63, 3.8) is 0 Å². The summed E-state index contributed by atoms with van der Waals surface area (Å²) >= 11 is 0. The molecule has 0 heterocycles. The van der Waals surface area contributed by atoms with Gasteiger partial charge in [0.25, 0.3) is 0 Å². The number of benzene rings is 2. The van der Waals surface area contributed by atoms with Crippen LogP contribution in [0.1, 0.15) is 11.1 Å². The molecular formula is C14H8F6O. The molecule has 112 valence electrons. The van der Waals surface area contributed by atoms with Gasteiger partial charge in [-0.15, -0.1) is 0 Å². The lowest BCUT2D eigenvalue weighted by molar-refractivity contribution is 0.101. The van der Waals surface area contributed by atoms with Crippen LogP contribution in [0.3, 0.4) is 0 Å². The fourth-order valence-electron chi connectivity index (χ4n) is 1.70. The SMILES string of the molecule is Fc1cc(F)c(F)c(COCc2cc(F)cc(F)c2F)c1. The summed E-state index contributed by atoms with van der Waals surface area (Å²) < 4.78 is 83.1. The van der Waals surface area contributed by atoms with Gasteiger partial charge in [0, 0.05) is 23.3 Å². The summed E-state index contributed by atoms with van der Waals surface area (Å²) in [6.07, 6.45) is 0. The average molecular weight is 306 g/mol. The number of ether oxygens (including phenoxy) is 1. The fraction of sp³-hybridized carbons (Fsp3) is 0.143. The Labute approximate surface area is 115 Å². The van der Waals surface area contributed by atoms with Crippen molar-refractivity contribution in [2.24, 2.45) is 0 Å². The van der Waals surface area contributed by atoms with Crippen molar-refractivity contribution in [1.29, 1.82) is 0 Å². The summed E-state index contributed by atoms with van der Waals surface area (Å²) in [4.78, 5) is 0. The maximum atomic E-state index is 13.3. The highest BCUT2D eigenvalue weighted by atomic mass is 19.2. The summed E-state index contributed by atoms with van der Waals surface area (Å²) in [7, 11) is 0. The Hall–Kier alpha value is -2.02. The number of rotatable bonds is 4. The van der Waals surface area contributed by atoms with E-state index < -0.39 is 59.2 Å². The van der Waals surface area contributed by atoms with Crippen molar-refractivity contribution < 1.29 is 31.1 Å². The zero-order chi connectivity index (χ0) is 15.6. The van der Waals surface area contributed by atoms with Crippen molar-refractivity contribution in [2.75, 3.05) is 0 Å². The van der Waals surface area contributed by atoms with Crippen LogP contribution in [-0.4, -0.2) is 0 Å². The second-order valence-corrected chi connectivity index (χ2v) is 4.21. The minimum absolute atomic E-state index is 0.362. The molecule has 0 atom stereocenters. The third-order valence-electron chi connectivity index (χ3n) is 2.65. The largest absolute Gasteiger partial charge is 0.372 e. The molecule has 0 radical (unpaired) electrons. The Balaban J connectivity index is 2.09. The highest BCUT2D eigenvalue weighted by Crippen LogP contribution is 2.18. The maximum Gasteiger partial charge on any atom is 0.164 e. The Bertz CT molecular complexity index is 613. The van der Waals surface area contributed by atoms with E-state index in [1.54, 1.807) is 0 Å². The van der Waals surface area contributed by atoms with E-state index in [0.29, 0.717) is 24.3 Å². The number of halogens is 6. The molecule has 7 heteroatoms. The Morgan fingerprint density at radius 3 is 1.38 bits per heavy atom. The first-order chi connectivity index (χ1) is 9.88. The van der Waals surface area contributed by atoms with Gasteiger partial charge >= 0.3 is 0 Å². The van der Waals surface area contributed by atoms with Gasteiger partial charge in [-0.25, -0.2) is 26.3 Å². The van der Waals surface area contributed by atoms with Gasteiger partial charge in [0.15, 0.2) is 23.3 Å². The van der Waals surface area contributed by atoms with Crippen molar-refractivity contribution >= 4 is 0 Å². The first-order valence-electron chi connectivity index (χ1n) is 5.73. The molecule has 0 aromatic heterocycles. The lowest BCUT2D eigenvalue weighted by Crippen LogP contribution is -2.03. The third-order valence-corrected chi connectivity index (χ3v) is 2.65. The van der Waals surface area contributed by atoms with E-state index in [1.807, 2.05) is 0 Å². The van der Waals surface area contributed by atoms with Crippen molar-refractivity contribution in [3.8, 4) is 0 Å². The molecule has 2 aromatic carbocycles. The molecule has 2 aromatic rings. The molecule has 0 N–H and O–H groups in total. The topological polar surface area (TPSA) is 9.23 Å². The Morgan fingerprint density at radius 2 is 1.00 bits per heavy atom. The molecule has 1 nitrogen and oxygen atoms in total. The summed E-state index contributed by atoms with van der Waals surface area (Å²) in [6, 6.07) is 2.14. The van der Waals surface area contributed by atoms with Gasteiger partial charge in [0.05, 0.1) is 13.2 Å². The highest BCUT2D eigenvalue weighted by Gasteiger charge is 2.13. The monoisotopic (exact) mass is 306 g/mol. The summed E-state index contributed by atoms with van der Waals surface area (Å²) in [5.41, 5.74) is -0.852. The molecular weight excluding hydrogens is 298 g/mol. The Kier molecular flexibility index (Phi) is 4.52. The van der Waals surface area contributed by atoms with E-state index in [0.717, 1.165) is 0 Å². The number of hydrogen-bond donors (Lipinski definition) is 0. The van der Waals surface area contributed by atoms with Gasteiger partial charge in [-0.1, -0.05) is 0 Å². The standard InChI is InChI=1S/C14H8F6O/c15-9-1-7(13(19)11(17)3-9)5-21-6-8-2-10(16)4-12(18)14(8)20/h1-4H,5-6H2. The number of hydrogen-bond acceptors (Lipinski definition) is 1. The summed E-state index contributed by atoms with van der Waals surface area (Å²) in [6.45, 7) is -1.17. The van der Waals surface area contributed by atoms with E-state index in [9.17, 15) is 26.3 Å². The smallest absolute Gasteiger partial charge is 0.164 e. The van der Waals surface area contributed by atoms with E-state index in [1.165, 1.54) is 0 Å². The van der Waals surface area contributed by atoms with Crippen molar-refractivity contribution in [2.45, 2.75) is 13.2 Å². The molecule has 0 bridgehead atoms. The highest BCUT2D eigenvalue weighted by molar-refractivity contribution is 5.21. The van der Waals surface area contributed by atoms with Gasteiger partial charge in [-0.3, -0.25) is 0 Å². The first-order valence-corrected chi connectivity index (χ1v) is 5.73. The summed E-state index contributed by atoms with van der Waals surface area (Å²) in [5, 5.41) is 0. The second kappa shape index (κ2) is 6.17. The molecule has 0 spiro atoms. The Morgan fingerprint density at radius 1 is 0.619 bits per heavy atom. The van der Waals surface area contributed by atoms with Crippen molar-refractivity contribution in [1.82, 2.24) is 0 Å². The predicted octanol–water partition coefficient (Wildman–Crippen LogP) is 4.24. The van der Waals surface area contributed by atoms with Crippen LogP contribution in [0.5, 0.6) is 0 Å². The first kappa shape index (κ1) is 15.4. The van der Waals surface area contributed by atoms with Crippen molar-refractivity contribution in [3.05, 3.63) is 70.3 Å². The maximum absolute atomic E-state index is 13.3. The predicted molar refractivity (Wildman–Crippen MR) is 61.1 cm³/mol. The molecule has 0 fully saturated rings. The van der Waals surface area contributed by atoms with E-state index >= 15 is 0 Å². The van der Waals surface area contributed by atoms with Gasteiger partial charge in [-0.2, -0.15) is 0 Å². The van der Waals surface area contributed by atoms with Crippen LogP contribution in [0, 0.1) is 34.9 Å². The van der Waals surface area contributed by atoms with Crippen LogP contribution in [0.15, 0.2) is 24.3 Å². The minimum Gasteiger partial charge on any atom is -0.372 e.